The molecular weight excluding hydrogens is 276 g/mol. The number of hydrogen-bond acceptors (Lipinski definition) is 4. The molecule has 0 heterocycles. The Bertz CT molecular complexity index is 530. The minimum absolute atomic E-state index is 0.0720. The summed E-state index contributed by atoms with van der Waals surface area (Å²) in [4.78, 5) is 35.6. The van der Waals surface area contributed by atoms with E-state index in [-0.39, 0.29) is 12.1 Å². The lowest BCUT2D eigenvalue weighted by Crippen LogP contribution is -2.39. The van der Waals surface area contributed by atoms with Gasteiger partial charge < -0.3 is 20.1 Å². The molecule has 0 aromatic heterocycles. The first-order valence-corrected chi connectivity index (χ1v) is 6.44. The number of carboxylic acid groups (broad SMARTS) is 1. The molecule has 7 nitrogen and oxygen atoms in total. The predicted octanol–water partition coefficient (Wildman–Crippen LogP) is 1.80. The van der Waals surface area contributed by atoms with Crippen molar-refractivity contribution in [1.82, 2.24) is 4.90 Å². The smallest absolute Gasteiger partial charge is 0.335 e. The van der Waals surface area contributed by atoms with E-state index in [1.54, 1.807) is 6.07 Å². The van der Waals surface area contributed by atoms with E-state index >= 15 is 0 Å². The fourth-order valence-electron chi connectivity index (χ4n) is 1.68. The molecule has 1 aromatic carbocycles. The summed E-state index contributed by atoms with van der Waals surface area (Å²) in [5.74, 6) is -1.59. The van der Waals surface area contributed by atoms with Crippen LogP contribution >= 0.6 is 0 Å². The number of benzene rings is 1. The Morgan fingerprint density at radius 2 is 2.05 bits per heavy atom. The summed E-state index contributed by atoms with van der Waals surface area (Å²) in [5.41, 5.74) is 0.425. The third-order valence-electron chi connectivity index (χ3n) is 2.69. The van der Waals surface area contributed by atoms with Crippen molar-refractivity contribution in [2.45, 2.75) is 13.3 Å². The molecule has 2 amide bonds. The lowest BCUT2D eigenvalue weighted by molar-refractivity contribution is -0.141. The number of anilines is 1. The van der Waals surface area contributed by atoms with E-state index in [2.05, 4.69) is 10.1 Å². The molecule has 0 atom stereocenters. The quantitative estimate of drug-likeness (QED) is 0.780. The Hall–Kier alpha value is -2.57. The molecule has 21 heavy (non-hydrogen) atoms. The van der Waals surface area contributed by atoms with Crippen LogP contribution in [0.25, 0.3) is 0 Å². The van der Waals surface area contributed by atoms with Crippen LogP contribution in [-0.4, -0.2) is 48.2 Å². The number of esters is 1. The summed E-state index contributed by atoms with van der Waals surface area (Å²) in [5, 5.41) is 11.5. The maximum Gasteiger partial charge on any atom is 0.335 e. The first kappa shape index (κ1) is 16.5. The van der Waals surface area contributed by atoms with Gasteiger partial charge in [0.25, 0.3) is 0 Å². The molecule has 0 aliphatic rings. The van der Waals surface area contributed by atoms with Crippen LogP contribution in [0.4, 0.5) is 10.5 Å². The highest BCUT2D eigenvalue weighted by Gasteiger charge is 2.17. The van der Waals surface area contributed by atoms with Crippen molar-refractivity contribution >= 4 is 23.7 Å². The Morgan fingerprint density at radius 1 is 1.33 bits per heavy atom. The van der Waals surface area contributed by atoms with Gasteiger partial charge in [-0.15, -0.1) is 0 Å². The van der Waals surface area contributed by atoms with E-state index in [0.29, 0.717) is 18.7 Å². The second kappa shape index (κ2) is 7.88. The fraction of sp³-hybridized carbons (Fsp3) is 0.357. The summed E-state index contributed by atoms with van der Waals surface area (Å²) >= 11 is 0. The highest BCUT2D eigenvalue weighted by atomic mass is 16.5. The number of hydrogen-bond donors (Lipinski definition) is 2. The first-order chi connectivity index (χ1) is 9.97. The molecule has 0 saturated carbocycles. The monoisotopic (exact) mass is 294 g/mol. The van der Waals surface area contributed by atoms with Crippen LogP contribution in [0, 0.1) is 0 Å². The molecule has 0 unspecified atom stereocenters. The number of carboxylic acids is 1. The molecule has 114 valence electrons. The number of carbonyl (C=O) groups is 3. The number of urea groups is 1. The van der Waals surface area contributed by atoms with E-state index in [4.69, 9.17) is 5.11 Å². The number of amides is 2. The molecule has 0 radical (unpaired) electrons. The predicted molar refractivity (Wildman–Crippen MR) is 76.3 cm³/mol. The number of aromatic carboxylic acids is 1. The van der Waals surface area contributed by atoms with Gasteiger partial charge in [0.15, 0.2) is 0 Å². The number of nitrogens with zero attached hydrogens (tertiary/aromatic N) is 1. The van der Waals surface area contributed by atoms with Gasteiger partial charge in [0.1, 0.15) is 6.54 Å². The number of ether oxygens (including phenoxy) is 1. The molecule has 0 aliphatic heterocycles. The molecule has 0 saturated heterocycles. The summed E-state index contributed by atoms with van der Waals surface area (Å²) in [6, 6.07) is 5.40. The molecule has 0 bridgehead atoms. The van der Waals surface area contributed by atoms with Crippen molar-refractivity contribution in [2.75, 3.05) is 25.5 Å². The van der Waals surface area contributed by atoms with Crippen LogP contribution in [0.1, 0.15) is 23.7 Å². The molecule has 1 aromatic rings. The lowest BCUT2D eigenvalue weighted by Gasteiger charge is -2.21. The lowest BCUT2D eigenvalue weighted by atomic mass is 10.2. The minimum atomic E-state index is -1.08. The Morgan fingerprint density at radius 3 is 2.62 bits per heavy atom. The second-order valence-electron chi connectivity index (χ2n) is 4.31. The van der Waals surface area contributed by atoms with E-state index in [1.807, 2.05) is 6.92 Å². The standard InChI is InChI=1S/C14H18N2O5/c1-3-7-16(9-12(17)21-2)14(20)15-11-6-4-5-10(8-11)13(18)19/h4-6,8H,3,7,9H2,1-2H3,(H,15,20)(H,18,19). The number of rotatable bonds is 6. The van der Waals surface area contributed by atoms with Crippen molar-refractivity contribution in [3.8, 4) is 0 Å². The van der Waals surface area contributed by atoms with Crippen LogP contribution in [-0.2, 0) is 9.53 Å². The third-order valence-corrected chi connectivity index (χ3v) is 2.69. The molecule has 1 rings (SSSR count). The van der Waals surface area contributed by atoms with Crippen LogP contribution in [0.3, 0.4) is 0 Å². The van der Waals surface area contributed by atoms with Crippen molar-refractivity contribution in [2.24, 2.45) is 0 Å². The number of nitrogens with one attached hydrogen (secondary N) is 1. The Labute approximate surface area is 122 Å². The van der Waals surface area contributed by atoms with Crippen molar-refractivity contribution < 1.29 is 24.2 Å². The second-order valence-corrected chi connectivity index (χ2v) is 4.31. The average Bonchev–Trinajstić information content (AvgIpc) is 2.46. The number of carbonyl (C=O) groups excluding carboxylic acids is 2. The Balaban J connectivity index is 2.78. The summed E-state index contributed by atoms with van der Waals surface area (Å²) < 4.78 is 4.54. The number of methoxy groups -OCH3 is 1. The fourth-order valence-corrected chi connectivity index (χ4v) is 1.68. The van der Waals surface area contributed by atoms with Crippen LogP contribution in [0.2, 0.25) is 0 Å². The maximum atomic E-state index is 12.1. The van der Waals surface area contributed by atoms with Crippen molar-refractivity contribution in [1.29, 1.82) is 0 Å². The SMILES string of the molecule is CCCN(CC(=O)OC)C(=O)Nc1cccc(C(=O)O)c1. The van der Waals surface area contributed by atoms with Gasteiger partial charge in [-0.1, -0.05) is 13.0 Å². The van der Waals surface area contributed by atoms with Gasteiger partial charge in [0.2, 0.25) is 0 Å². The minimum Gasteiger partial charge on any atom is -0.478 e. The van der Waals surface area contributed by atoms with Crippen molar-refractivity contribution in [3.63, 3.8) is 0 Å². The summed E-state index contributed by atoms with van der Waals surface area (Å²) in [6.07, 6.45) is 0.680. The maximum absolute atomic E-state index is 12.1. The van der Waals surface area contributed by atoms with Gasteiger partial charge in [0.05, 0.1) is 12.7 Å². The first-order valence-electron chi connectivity index (χ1n) is 6.44. The summed E-state index contributed by atoms with van der Waals surface area (Å²) in [6.45, 7) is 2.11. The van der Waals surface area contributed by atoms with Crippen LogP contribution in [0.15, 0.2) is 24.3 Å². The highest BCUT2D eigenvalue weighted by molar-refractivity contribution is 5.94. The zero-order valence-corrected chi connectivity index (χ0v) is 12.0. The molecule has 7 heteroatoms. The largest absolute Gasteiger partial charge is 0.478 e. The Kier molecular flexibility index (Phi) is 6.19. The molecule has 0 fully saturated rings. The van der Waals surface area contributed by atoms with Crippen LogP contribution in [0.5, 0.6) is 0 Å². The highest BCUT2D eigenvalue weighted by Crippen LogP contribution is 2.11. The van der Waals surface area contributed by atoms with Gasteiger partial charge >= 0.3 is 18.0 Å². The van der Waals surface area contributed by atoms with E-state index in [0.717, 1.165) is 0 Å². The van der Waals surface area contributed by atoms with Crippen LogP contribution < -0.4 is 5.32 Å². The van der Waals surface area contributed by atoms with E-state index in [9.17, 15) is 14.4 Å². The van der Waals surface area contributed by atoms with Gasteiger partial charge in [-0.3, -0.25) is 4.79 Å². The molecule has 0 spiro atoms. The van der Waals surface area contributed by atoms with Crippen molar-refractivity contribution in [3.05, 3.63) is 29.8 Å². The topological polar surface area (TPSA) is 95.9 Å². The van der Waals surface area contributed by atoms with E-state index < -0.39 is 18.0 Å². The average molecular weight is 294 g/mol. The van der Waals surface area contributed by atoms with Gasteiger partial charge in [-0.05, 0) is 24.6 Å². The van der Waals surface area contributed by atoms with Gasteiger partial charge in [-0.2, -0.15) is 0 Å². The van der Waals surface area contributed by atoms with Gasteiger partial charge in [-0.25, -0.2) is 9.59 Å². The zero-order valence-electron chi connectivity index (χ0n) is 12.0. The van der Waals surface area contributed by atoms with E-state index in [1.165, 1.54) is 30.2 Å². The molecule has 2 N–H and O–H groups in total. The third kappa shape index (κ3) is 5.13. The molecule has 0 aliphatic carbocycles. The molecular formula is C14H18N2O5. The van der Waals surface area contributed by atoms with Gasteiger partial charge in [0, 0.05) is 12.2 Å². The summed E-state index contributed by atoms with van der Waals surface area (Å²) in [7, 11) is 1.25. The normalized spacial score (nSPS) is 9.81. The zero-order chi connectivity index (χ0) is 15.8.